The number of primary amides is 1. The lowest BCUT2D eigenvalue weighted by molar-refractivity contribution is 0.100. The van der Waals surface area contributed by atoms with E-state index in [9.17, 15) is 4.79 Å². The van der Waals surface area contributed by atoms with Crippen LogP contribution in [0.5, 0.6) is 0 Å². The Balaban J connectivity index is 2.08. The highest BCUT2D eigenvalue weighted by molar-refractivity contribution is 6.00. The minimum atomic E-state index is -0.485. The smallest absolute Gasteiger partial charge is 0.250 e. The van der Waals surface area contributed by atoms with Gasteiger partial charge in [0.1, 0.15) is 0 Å². The summed E-state index contributed by atoms with van der Waals surface area (Å²) in [6.45, 7) is 2.13. The Morgan fingerprint density at radius 1 is 1.53 bits per heavy atom. The molecular formula is C13H19N3O. The molecule has 1 aromatic rings. The zero-order valence-electron chi connectivity index (χ0n) is 10.1. The van der Waals surface area contributed by atoms with Crippen LogP contribution in [-0.2, 0) is 0 Å². The van der Waals surface area contributed by atoms with Gasteiger partial charge in [0.25, 0.3) is 5.91 Å². The molecule has 92 valence electrons. The molecule has 5 N–H and O–H groups in total. The molecule has 0 bridgehead atoms. The Morgan fingerprint density at radius 2 is 2.24 bits per heavy atom. The third kappa shape index (κ3) is 2.90. The normalized spacial score (nSPS) is 16.5. The number of carbonyl (C=O) groups is 1. The largest absolute Gasteiger partial charge is 0.396 e. The maximum Gasteiger partial charge on any atom is 0.250 e. The second-order valence-corrected chi connectivity index (χ2v) is 4.86. The molecule has 0 aliphatic heterocycles. The van der Waals surface area contributed by atoms with Gasteiger partial charge in [0.05, 0.1) is 16.9 Å². The molecule has 4 heteroatoms. The van der Waals surface area contributed by atoms with Crippen molar-refractivity contribution >= 4 is 17.3 Å². The Labute approximate surface area is 101 Å². The van der Waals surface area contributed by atoms with Crippen LogP contribution >= 0.6 is 0 Å². The summed E-state index contributed by atoms with van der Waals surface area (Å²) in [4.78, 5) is 11.2. The Morgan fingerprint density at radius 3 is 2.82 bits per heavy atom. The average molecular weight is 233 g/mol. The van der Waals surface area contributed by atoms with Crippen LogP contribution in [0.1, 0.15) is 36.5 Å². The lowest BCUT2D eigenvalue weighted by Gasteiger charge is -2.17. The van der Waals surface area contributed by atoms with Gasteiger partial charge < -0.3 is 16.8 Å². The van der Waals surface area contributed by atoms with Crippen molar-refractivity contribution in [3.05, 3.63) is 23.8 Å². The van der Waals surface area contributed by atoms with Crippen molar-refractivity contribution in [2.75, 3.05) is 11.1 Å². The van der Waals surface area contributed by atoms with Crippen molar-refractivity contribution in [2.45, 2.75) is 32.2 Å². The van der Waals surface area contributed by atoms with Gasteiger partial charge in [-0.1, -0.05) is 18.9 Å². The maximum absolute atomic E-state index is 11.2. The molecule has 1 saturated carbocycles. The van der Waals surface area contributed by atoms with E-state index < -0.39 is 5.91 Å². The molecule has 1 aliphatic rings. The van der Waals surface area contributed by atoms with E-state index in [2.05, 4.69) is 12.2 Å². The highest BCUT2D eigenvalue weighted by Gasteiger charge is 2.23. The molecule has 1 aromatic carbocycles. The van der Waals surface area contributed by atoms with Crippen LogP contribution in [-0.4, -0.2) is 11.9 Å². The fourth-order valence-electron chi connectivity index (χ4n) is 2.08. The van der Waals surface area contributed by atoms with Gasteiger partial charge in [0, 0.05) is 6.04 Å². The van der Waals surface area contributed by atoms with Crippen LogP contribution in [0.15, 0.2) is 18.2 Å². The minimum Gasteiger partial charge on any atom is -0.396 e. The predicted molar refractivity (Wildman–Crippen MR) is 69.8 cm³/mol. The second kappa shape index (κ2) is 4.65. The molecule has 1 atom stereocenters. The third-order valence-corrected chi connectivity index (χ3v) is 3.16. The molecule has 0 heterocycles. The number of para-hydroxylation sites is 1. The van der Waals surface area contributed by atoms with Gasteiger partial charge in [-0.15, -0.1) is 0 Å². The van der Waals surface area contributed by atoms with Gasteiger partial charge in [0.2, 0.25) is 0 Å². The van der Waals surface area contributed by atoms with Crippen LogP contribution < -0.4 is 16.8 Å². The number of rotatable bonds is 5. The molecule has 0 aromatic heterocycles. The predicted octanol–water partition coefficient (Wildman–Crippen LogP) is 1.97. The molecule has 17 heavy (non-hydrogen) atoms. The molecular weight excluding hydrogens is 214 g/mol. The average Bonchev–Trinajstić information content (AvgIpc) is 3.04. The van der Waals surface area contributed by atoms with E-state index in [1.165, 1.54) is 12.8 Å². The van der Waals surface area contributed by atoms with Gasteiger partial charge in [-0.05, 0) is 31.4 Å². The number of hydrogen-bond acceptors (Lipinski definition) is 3. The van der Waals surface area contributed by atoms with E-state index in [4.69, 9.17) is 11.5 Å². The van der Waals surface area contributed by atoms with Crippen molar-refractivity contribution in [3.8, 4) is 0 Å². The summed E-state index contributed by atoms with van der Waals surface area (Å²) >= 11 is 0. The van der Waals surface area contributed by atoms with E-state index >= 15 is 0 Å². The molecule has 1 amide bonds. The van der Waals surface area contributed by atoms with Crippen LogP contribution in [0.25, 0.3) is 0 Å². The third-order valence-electron chi connectivity index (χ3n) is 3.16. The topological polar surface area (TPSA) is 81.1 Å². The summed E-state index contributed by atoms with van der Waals surface area (Å²) in [5.74, 6) is 0.374. The van der Waals surface area contributed by atoms with Crippen molar-refractivity contribution in [2.24, 2.45) is 11.7 Å². The summed E-state index contributed by atoms with van der Waals surface area (Å²) < 4.78 is 0. The Kier molecular flexibility index (Phi) is 3.22. The molecule has 0 spiro atoms. The Bertz CT molecular complexity index is 427. The van der Waals surface area contributed by atoms with Gasteiger partial charge in [0.15, 0.2) is 0 Å². The van der Waals surface area contributed by atoms with E-state index in [0.29, 0.717) is 17.3 Å². The van der Waals surface area contributed by atoms with Crippen LogP contribution in [0.4, 0.5) is 11.4 Å². The van der Waals surface area contributed by atoms with E-state index in [1.54, 1.807) is 12.1 Å². The zero-order valence-corrected chi connectivity index (χ0v) is 10.1. The second-order valence-electron chi connectivity index (χ2n) is 4.86. The summed E-state index contributed by atoms with van der Waals surface area (Å²) in [5, 5.41) is 3.34. The first-order valence-corrected chi connectivity index (χ1v) is 6.02. The van der Waals surface area contributed by atoms with Crippen LogP contribution in [0.3, 0.4) is 0 Å². The van der Waals surface area contributed by atoms with Crippen molar-refractivity contribution in [3.63, 3.8) is 0 Å². The number of anilines is 2. The number of benzene rings is 1. The Hall–Kier alpha value is -1.71. The molecule has 1 unspecified atom stereocenters. The van der Waals surface area contributed by atoms with Crippen molar-refractivity contribution in [1.82, 2.24) is 0 Å². The molecule has 0 saturated heterocycles. The maximum atomic E-state index is 11.2. The van der Waals surface area contributed by atoms with Crippen LogP contribution in [0, 0.1) is 5.92 Å². The summed E-state index contributed by atoms with van der Waals surface area (Å²) in [7, 11) is 0. The van der Waals surface area contributed by atoms with E-state index in [0.717, 1.165) is 18.0 Å². The van der Waals surface area contributed by atoms with Crippen LogP contribution in [0.2, 0.25) is 0 Å². The molecule has 1 aliphatic carbocycles. The standard InChI is InChI=1S/C13H19N3O/c1-8(7-9-5-6-9)16-11-4-2-3-10(12(11)14)13(15)17/h2-4,8-9,16H,5-7,14H2,1H3,(H2,15,17). The van der Waals surface area contributed by atoms with Gasteiger partial charge in [-0.25, -0.2) is 0 Å². The number of hydrogen-bond donors (Lipinski definition) is 3. The summed E-state index contributed by atoms with van der Waals surface area (Å²) in [6.07, 6.45) is 3.83. The molecule has 2 rings (SSSR count). The number of nitrogens with two attached hydrogens (primary N) is 2. The summed E-state index contributed by atoms with van der Waals surface area (Å²) in [6, 6.07) is 5.69. The fourth-order valence-corrected chi connectivity index (χ4v) is 2.08. The van der Waals surface area contributed by atoms with E-state index in [1.807, 2.05) is 6.07 Å². The van der Waals surface area contributed by atoms with Crippen molar-refractivity contribution < 1.29 is 4.79 Å². The SMILES string of the molecule is CC(CC1CC1)Nc1cccc(C(N)=O)c1N. The number of nitrogen functional groups attached to an aromatic ring is 1. The fraction of sp³-hybridized carbons (Fsp3) is 0.462. The highest BCUT2D eigenvalue weighted by Crippen LogP contribution is 2.34. The molecule has 1 fully saturated rings. The van der Waals surface area contributed by atoms with Gasteiger partial charge >= 0.3 is 0 Å². The first-order chi connectivity index (χ1) is 8.08. The molecule has 4 nitrogen and oxygen atoms in total. The zero-order chi connectivity index (χ0) is 12.4. The van der Waals surface area contributed by atoms with Gasteiger partial charge in [-0.2, -0.15) is 0 Å². The number of amides is 1. The van der Waals surface area contributed by atoms with Gasteiger partial charge in [-0.3, -0.25) is 4.79 Å². The van der Waals surface area contributed by atoms with E-state index in [-0.39, 0.29) is 0 Å². The number of carbonyl (C=O) groups excluding carboxylic acids is 1. The first kappa shape index (κ1) is 11.8. The highest BCUT2D eigenvalue weighted by atomic mass is 16.1. The first-order valence-electron chi connectivity index (χ1n) is 6.02. The molecule has 0 radical (unpaired) electrons. The minimum absolute atomic E-state index is 0.368. The summed E-state index contributed by atoms with van der Waals surface area (Å²) in [5.41, 5.74) is 12.8. The number of nitrogens with one attached hydrogen (secondary N) is 1. The quantitative estimate of drug-likeness (QED) is 0.680. The lowest BCUT2D eigenvalue weighted by Crippen LogP contribution is -2.19. The monoisotopic (exact) mass is 233 g/mol. The van der Waals surface area contributed by atoms with Crippen molar-refractivity contribution in [1.29, 1.82) is 0 Å². The lowest BCUT2D eigenvalue weighted by atomic mass is 10.1.